The molecule has 2 N–H and O–H groups in total. The molecule has 0 spiro atoms. The largest absolute Gasteiger partial charge is 0.496 e. The predicted molar refractivity (Wildman–Crippen MR) is 62.0 cm³/mol. The van der Waals surface area contributed by atoms with Crippen LogP contribution in [-0.2, 0) is 0 Å². The number of halogens is 4. The van der Waals surface area contributed by atoms with Crippen LogP contribution in [0.5, 0.6) is 11.5 Å². The second kappa shape index (κ2) is 6.10. The summed E-state index contributed by atoms with van der Waals surface area (Å²) in [5.74, 6) is -3.85. The Bertz CT molecular complexity index is 424. The van der Waals surface area contributed by atoms with E-state index >= 15 is 0 Å². The Morgan fingerprint density at radius 2 is 1.84 bits per heavy atom. The maximum Gasteiger partial charge on any atom is 0.340 e. The van der Waals surface area contributed by atoms with Crippen LogP contribution in [0, 0.1) is 0 Å². The molecule has 0 aliphatic heterocycles. The molecule has 1 aromatic carbocycles. The topological polar surface area (TPSA) is 44.5 Å². The molecule has 0 aliphatic carbocycles. The van der Waals surface area contributed by atoms with Crippen LogP contribution >= 0.6 is 0 Å². The van der Waals surface area contributed by atoms with Crippen molar-refractivity contribution in [2.24, 2.45) is 5.73 Å². The second-order valence-electron chi connectivity index (χ2n) is 4.01. The molecule has 0 saturated heterocycles. The molecule has 0 amide bonds. The predicted octanol–water partition coefficient (Wildman–Crippen LogP) is 2.99. The Balaban J connectivity index is 2.96. The third-order valence-corrected chi connectivity index (χ3v) is 2.44. The lowest BCUT2D eigenvalue weighted by molar-refractivity contribution is -0.148. The summed E-state index contributed by atoms with van der Waals surface area (Å²) in [6, 6.07) is 3.91. The van der Waals surface area contributed by atoms with Gasteiger partial charge in [0.05, 0.1) is 12.7 Å². The highest BCUT2D eigenvalue weighted by atomic mass is 19.3. The van der Waals surface area contributed by atoms with Crippen LogP contribution < -0.4 is 15.2 Å². The average Bonchev–Trinajstić information content (AvgIpc) is 2.35. The normalized spacial score (nSPS) is 13.5. The highest BCUT2D eigenvalue weighted by molar-refractivity contribution is 5.46. The zero-order chi connectivity index (χ0) is 14.6. The summed E-state index contributed by atoms with van der Waals surface area (Å²) >= 11 is 0. The average molecular weight is 281 g/mol. The lowest BCUT2D eigenvalue weighted by Gasteiger charge is -2.20. The minimum absolute atomic E-state index is 0.00896. The van der Waals surface area contributed by atoms with Crippen molar-refractivity contribution in [1.82, 2.24) is 0 Å². The zero-order valence-electron chi connectivity index (χ0n) is 10.5. The molecule has 3 nitrogen and oxygen atoms in total. The Kier molecular flexibility index (Phi) is 4.99. The van der Waals surface area contributed by atoms with Crippen molar-refractivity contribution in [3.05, 3.63) is 23.8 Å². The second-order valence-corrected chi connectivity index (χ2v) is 4.01. The van der Waals surface area contributed by atoms with E-state index in [1.807, 2.05) is 0 Å². The third kappa shape index (κ3) is 3.73. The molecule has 0 bridgehead atoms. The van der Waals surface area contributed by atoms with Gasteiger partial charge in [0, 0.05) is 6.04 Å². The number of alkyl halides is 4. The van der Waals surface area contributed by atoms with E-state index in [0.29, 0.717) is 11.3 Å². The molecule has 0 radical (unpaired) electrons. The Morgan fingerprint density at radius 3 is 2.32 bits per heavy atom. The van der Waals surface area contributed by atoms with Gasteiger partial charge in [-0.3, -0.25) is 0 Å². The number of rotatable bonds is 6. The van der Waals surface area contributed by atoms with E-state index in [0.717, 1.165) is 0 Å². The van der Waals surface area contributed by atoms with E-state index in [1.54, 1.807) is 13.0 Å². The number of hydrogen-bond acceptors (Lipinski definition) is 3. The minimum Gasteiger partial charge on any atom is -0.496 e. The molecule has 1 atom stereocenters. The molecule has 0 heterocycles. The molecule has 0 fully saturated rings. The smallest absolute Gasteiger partial charge is 0.340 e. The fourth-order valence-corrected chi connectivity index (χ4v) is 1.51. The van der Waals surface area contributed by atoms with E-state index in [2.05, 4.69) is 0 Å². The molecule has 0 saturated carbocycles. The SMILES string of the molecule is COc1cccc(OCC(F)(F)C(F)F)c1C(C)N. The molecule has 1 aromatic rings. The van der Waals surface area contributed by atoms with E-state index in [1.165, 1.54) is 19.2 Å². The summed E-state index contributed by atoms with van der Waals surface area (Å²) in [6.07, 6.45) is -3.78. The maximum atomic E-state index is 12.8. The molecule has 108 valence electrons. The highest BCUT2D eigenvalue weighted by Gasteiger charge is 2.42. The summed E-state index contributed by atoms with van der Waals surface area (Å²) < 4.78 is 59.5. The van der Waals surface area contributed by atoms with Crippen LogP contribution in [0.15, 0.2) is 18.2 Å². The van der Waals surface area contributed by atoms with E-state index in [4.69, 9.17) is 15.2 Å². The number of methoxy groups -OCH3 is 1. The zero-order valence-corrected chi connectivity index (χ0v) is 10.5. The lowest BCUT2D eigenvalue weighted by Crippen LogP contribution is -2.34. The summed E-state index contributed by atoms with van der Waals surface area (Å²) in [5, 5.41) is 0. The fraction of sp³-hybridized carbons (Fsp3) is 0.500. The third-order valence-electron chi connectivity index (χ3n) is 2.44. The first-order chi connectivity index (χ1) is 8.79. The van der Waals surface area contributed by atoms with E-state index in [9.17, 15) is 17.6 Å². The Morgan fingerprint density at radius 1 is 1.26 bits per heavy atom. The maximum absolute atomic E-state index is 12.8. The molecular weight excluding hydrogens is 266 g/mol. The first-order valence-corrected chi connectivity index (χ1v) is 5.51. The summed E-state index contributed by atoms with van der Waals surface area (Å²) in [6.45, 7) is 0.188. The van der Waals surface area contributed by atoms with Gasteiger partial charge < -0.3 is 15.2 Å². The molecule has 7 heteroatoms. The van der Waals surface area contributed by atoms with Gasteiger partial charge in [-0.25, -0.2) is 8.78 Å². The summed E-state index contributed by atoms with van der Waals surface area (Å²) in [4.78, 5) is 0. The lowest BCUT2D eigenvalue weighted by atomic mass is 10.1. The van der Waals surface area contributed by atoms with Gasteiger partial charge >= 0.3 is 12.3 Å². The van der Waals surface area contributed by atoms with Gasteiger partial charge in [0.25, 0.3) is 0 Å². The number of benzene rings is 1. The van der Waals surface area contributed by atoms with Gasteiger partial charge in [-0.1, -0.05) is 6.07 Å². The van der Waals surface area contributed by atoms with Gasteiger partial charge in [0.15, 0.2) is 6.61 Å². The van der Waals surface area contributed by atoms with Gasteiger partial charge in [-0.2, -0.15) is 8.78 Å². The minimum atomic E-state index is -4.21. The van der Waals surface area contributed by atoms with Crippen molar-refractivity contribution in [2.75, 3.05) is 13.7 Å². The standard InChI is InChI=1S/C12H15F4NO2/c1-7(17)10-8(18-2)4-3-5-9(10)19-6-12(15,16)11(13)14/h3-5,7,11H,6,17H2,1-2H3. The molecule has 1 unspecified atom stereocenters. The number of ether oxygens (including phenoxy) is 2. The quantitative estimate of drug-likeness (QED) is 0.815. The Labute approximate surface area is 108 Å². The number of nitrogens with two attached hydrogens (primary N) is 1. The van der Waals surface area contributed by atoms with E-state index < -0.39 is 25.0 Å². The van der Waals surface area contributed by atoms with Crippen LogP contribution in [0.1, 0.15) is 18.5 Å². The van der Waals surface area contributed by atoms with Crippen molar-refractivity contribution < 1.29 is 27.0 Å². The van der Waals surface area contributed by atoms with Crippen LogP contribution in [-0.4, -0.2) is 26.1 Å². The molecule has 0 aliphatic rings. The van der Waals surface area contributed by atoms with Crippen LogP contribution in [0.3, 0.4) is 0 Å². The van der Waals surface area contributed by atoms with Crippen molar-refractivity contribution in [2.45, 2.75) is 25.3 Å². The van der Waals surface area contributed by atoms with Gasteiger partial charge in [-0.05, 0) is 19.1 Å². The molecule has 1 rings (SSSR count). The van der Waals surface area contributed by atoms with E-state index in [-0.39, 0.29) is 5.75 Å². The highest BCUT2D eigenvalue weighted by Crippen LogP contribution is 2.34. The van der Waals surface area contributed by atoms with Gasteiger partial charge in [-0.15, -0.1) is 0 Å². The summed E-state index contributed by atoms with van der Waals surface area (Å²) in [7, 11) is 1.39. The van der Waals surface area contributed by atoms with Crippen molar-refractivity contribution in [1.29, 1.82) is 0 Å². The summed E-state index contributed by atoms with van der Waals surface area (Å²) in [5.41, 5.74) is 6.05. The Hall–Kier alpha value is -1.50. The van der Waals surface area contributed by atoms with Crippen molar-refractivity contribution >= 4 is 0 Å². The monoisotopic (exact) mass is 281 g/mol. The van der Waals surface area contributed by atoms with Crippen LogP contribution in [0.4, 0.5) is 17.6 Å². The first kappa shape index (κ1) is 15.6. The molecular formula is C12H15F4NO2. The van der Waals surface area contributed by atoms with Crippen molar-refractivity contribution in [3.8, 4) is 11.5 Å². The van der Waals surface area contributed by atoms with Crippen LogP contribution in [0.25, 0.3) is 0 Å². The van der Waals surface area contributed by atoms with Gasteiger partial charge in [0.2, 0.25) is 0 Å². The van der Waals surface area contributed by atoms with Gasteiger partial charge in [0.1, 0.15) is 11.5 Å². The molecule has 19 heavy (non-hydrogen) atoms. The molecule has 0 aromatic heterocycles. The van der Waals surface area contributed by atoms with Crippen LogP contribution in [0.2, 0.25) is 0 Å². The fourth-order valence-electron chi connectivity index (χ4n) is 1.51. The van der Waals surface area contributed by atoms with Crippen molar-refractivity contribution in [3.63, 3.8) is 0 Å². The number of hydrogen-bond donors (Lipinski definition) is 1. The first-order valence-electron chi connectivity index (χ1n) is 5.51.